The van der Waals surface area contributed by atoms with E-state index in [4.69, 9.17) is 4.74 Å². The molecule has 1 heterocycles. The van der Waals surface area contributed by atoms with Crippen LogP contribution in [0, 0.1) is 5.92 Å². The highest BCUT2D eigenvalue weighted by molar-refractivity contribution is 5.97. The van der Waals surface area contributed by atoms with Gasteiger partial charge in [-0.2, -0.15) is 0 Å². The van der Waals surface area contributed by atoms with Crippen LogP contribution in [0.1, 0.15) is 23.2 Å². The Bertz CT molecular complexity index is 468. The van der Waals surface area contributed by atoms with E-state index in [1.165, 1.54) is 13.2 Å². The van der Waals surface area contributed by atoms with E-state index in [0.29, 0.717) is 18.2 Å². The van der Waals surface area contributed by atoms with Gasteiger partial charge in [-0.05, 0) is 57.1 Å². The van der Waals surface area contributed by atoms with Crippen LogP contribution in [0.15, 0.2) is 18.2 Å². The molecular formula is C15H22N2O3. The van der Waals surface area contributed by atoms with E-state index in [1.807, 2.05) is 0 Å². The molecule has 0 saturated carbocycles. The minimum atomic E-state index is -0.250. The highest BCUT2D eigenvalue weighted by Crippen LogP contribution is 2.23. The molecule has 0 atom stereocenters. The lowest BCUT2D eigenvalue weighted by molar-refractivity contribution is 0.0936. The molecule has 1 aromatic carbocycles. The number of hydrogen-bond acceptors (Lipinski definition) is 4. The molecule has 0 aliphatic carbocycles. The third-order valence-electron chi connectivity index (χ3n) is 3.84. The van der Waals surface area contributed by atoms with E-state index >= 15 is 0 Å². The maximum atomic E-state index is 12.1. The van der Waals surface area contributed by atoms with E-state index in [2.05, 4.69) is 17.3 Å². The standard InChI is InChI=1S/C15H22N2O3/c1-17-7-5-11(6-8-17)10-16-15(19)13-9-12(20-2)3-4-14(13)18/h3-4,9,11,18H,5-8,10H2,1-2H3,(H,16,19). The predicted octanol–water partition coefficient (Wildman–Crippen LogP) is 1.47. The van der Waals surface area contributed by atoms with Crippen molar-refractivity contribution < 1.29 is 14.6 Å². The van der Waals surface area contributed by atoms with Crippen LogP contribution in [0.2, 0.25) is 0 Å². The number of nitrogens with one attached hydrogen (secondary N) is 1. The Morgan fingerprint density at radius 2 is 2.15 bits per heavy atom. The Hall–Kier alpha value is -1.75. The lowest BCUT2D eigenvalue weighted by Gasteiger charge is -2.28. The Kier molecular flexibility index (Phi) is 4.84. The van der Waals surface area contributed by atoms with Gasteiger partial charge in [-0.25, -0.2) is 0 Å². The summed E-state index contributed by atoms with van der Waals surface area (Å²) in [6.45, 7) is 2.80. The Labute approximate surface area is 119 Å². The molecule has 0 aromatic heterocycles. The number of phenols is 1. The second kappa shape index (κ2) is 6.61. The van der Waals surface area contributed by atoms with Crippen molar-refractivity contribution in [2.75, 3.05) is 33.8 Å². The summed E-state index contributed by atoms with van der Waals surface area (Å²) in [6, 6.07) is 4.66. The van der Waals surface area contributed by atoms with E-state index < -0.39 is 0 Å². The van der Waals surface area contributed by atoms with Crippen molar-refractivity contribution in [3.05, 3.63) is 23.8 Å². The number of likely N-dealkylation sites (tertiary alicyclic amines) is 1. The third-order valence-corrected chi connectivity index (χ3v) is 3.84. The number of hydrogen-bond donors (Lipinski definition) is 2. The molecular weight excluding hydrogens is 256 g/mol. The van der Waals surface area contributed by atoms with Crippen LogP contribution in [-0.2, 0) is 0 Å². The van der Waals surface area contributed by atoms with Crippen LogP contribution in [0.25, 0.3) is 0 Å². The van der Waals surface area contributed by atoms with E-state index in [-0.39, 0.29) is 17.2 Å². The molecule has 1 saturated heterocycles. The SMILES string of the molecule is COc1ccc(O)c(C(=O)NCC2CCN(C)CC2)c1. The smallest absolute Gasteiger partial charge is 0.255 e. The molecule has 20 heavy (non-hydrogen) atoms. The molecule has 1 fully saturated rings. The van der Waals surface area contributed by atoms with Gasteiger partial charge >= 0.3 is 0 Å². The van der Waals surface area contributed by atoms with E-state index in [9.17, 15) is 9.90 Å². The molecule has 1 aliphatic rings. The number of ether oxygens (including phenoxy) is 1. The fourth-order valence-corrected chi connectivity index (χ4v) is 2.42. The summed E-state index contributed by atoms with van der Waals surface area (Å²) in [6.07, 6.45) is 2.20. The summed E-state index contributed by atoms with van der Waals surface area (Å²) in [5.41, 5.74) is 0.261. The van der Waals surface area contributed by atoms with Crippen molar-refractivity contribution >= 4 is 5.91 Å². The van der Waals surface area contributed by atoms with Crippen LogP contribution in [0.3, 0.4) is 0 Å². The number of aromatic hydroxyl groups is 1. The van der Waals surface area contributed by atoms with Gasteiger partial charge in [0.25, 0.3) is 5.91 Å². The number of benzene rings is 1. The molecule has 0 unspecified atom stereocenters. The third kappa shape index (κ3) is 3.63. The van der Waals surface area contributed by atoms with Crippen molar-refractivity contribution in [2.45, 2.75) is 12.8 Å². The van der Waals surface area contributed by atoms with Gasteiger partial charge in [0, 0.05) is 6.54 Å². The first-order valence-corrected chi connectivity index (χ1v) is 6.94. The van der Waals surface area contributed by atoms with Gasteiger partial charge in [-0.3, -0.25) is 4.79 Å². The highest BCUT2D eigenvalue weighted by atomic mass is 16.5. The van der Waals surface area contributed by atoms with Gasteiger partial charge in [0.15, 0.2) is 0 Å². The zero-order valence-corrected chi connectivity index (χ0v) is 12.1. The number of piperidine rings is 1. The lowest BCUT2D eigenvalue weighted by Crippen LogP contribution is -2.36. The van der Waals surface area contributed by atoms with Crippen LogP contribution in [0.4, 0.5) is 0 Å². The lowest BCUT2D eigenvalue weighted by atomic mass is 9.97. The maximum absolute atomic E-state index is 12.1. The topological polar surface area (TPSA) is 61.8 Å². The molecule has 1 aromatic rings. The van der Waals surface area contributed by atoms with Crippen molar-refractivity contribution in [3.63, 3.8) is 0 Å². The van der Waals surface area contributed by atoms with Gasteiger partial charge in [-0.15, -0.1) is 0 Å². The van der Waals surface area contributed by atoms with Gasteiger partial charge < -0.3 is 20.1 Å². The molecule has 1 aliphatic heterocycles. The van der Waals surface area contributed by atoms with Crippen LogP contribution >= 0.6 is 0 Å². The Morgan fingerprint density at radius 3 is 2.80 bits per heavy atom. The van der Waals surface area contributed by atoms with Crippen LogP contribution in [0.5, 0.6) is 11.5 Å². The second-order valence-electron chi connectivity index (χ2n) is 5.34. The molecule has 2 rings (SSSR count). The largest absolute Gasteiger partial charge is 0.507 e. The maximum Gasteiger partial charge on any atom is 0.255 e. The number of phenolic OH excluding ortho intramolecular Hbond substituents is 1. The van der Waals surface area contributed by atoms with Gasteiger partial charge in [0.1, 0.15) is 11.5 Å². The number of amides is 1. The average Bonchev–Trinajstić information content (AvgIpc) is 2.47. The van der Waals surface area contributed by atoms with Gasteiger partial charge in [0.05, 0.1) is 12.7 Å². The zero-order chi connectivity index (χ0) is 14.5. The monoisotopic (exact) mass is 278 g/mol. The molecule has 110 valence electrons. The summed E-state index contributed by atoms with van der Waals surface area (Å²) in [5, 5.41) is 12.7. The van der Waals surface area contributed by atoms with Gasteiger partial charge in [-0.1, -0.05) is 0 Å². The molecule has 1 amide bonds. The molecule has 5 heteroatoms. The van der Waals surface area contributed by atoms with Crippen molar-refractivity contribution in [1.82, 2.24) is 10.2 Å². The summed E-state index contributed by atoms with van der Waals surface area (Å²) in [4.78, 5) is 14.4. The Balaban J connectivity index is 1.91. The molecule has 0 bridgehead atoms. The molecule has 0 radical (unpaired) electrons. The fourth-order valence-electron chi connectivity index (χ4n) is 2.42. The number of nitrogens with zero attached hydrogens (tertiary/aromatic N) is 1. The van der Waals surface area contributed by atoms with Crippen LogP contribution in [-0.4, -0.2) is 49.7 Å². The predicted molar refractivity (Wildman–Crippen MR) is 77.2 cm³/mol. The average molecular weight is 278 g/mol. The van der Waals surface area contributed by atoms with Gasteiger partial charge in [0.2, 0.25) is 0 Å². The first kappa shape index (κ1) is 14.7. The highest BCUT2D eigenvalue weighted by Gasteiger charge is 2.18. The van der Waals surface area contributed by atoms with Crippen molar-refractivity contribution in [3.8, 4) is 11.5 Å². The van der Waals surface area contributed by atoms with E-state index in [0.717, 1.165) is 25.9 Å². The van der Waals surface area contributed by atoms with E-state index in [1.54, 1.807) is 12.1 Å². The number of methoxy groups -OCH3 is 1. The quantitative estimate of drug-likeness (QED) is 0.875. The fraction of sp³-hybridized carbons (Fsp3) is 0.533. The van der Waals surface area contributed by atoms with Crippen molar-refractivity contribution in [2.24, 2.45) is 5.92 Å². The molecule has 0 spiro atoms. The summed E-state index contributed by atoms with van der Waals surface area (Å²) in [7, 11) is 3.65. The normalized spacial score (nSPS) is 16.9. The molecule has 2 N–H and O–H groups in total. The zero-order valence-electron chi connectivity index (χ0n) is 12.1. The van der Waals surface area contributed by atoms with Crippen molar-refractivity contribution in [1.29, 1.82) is 0 Å². The minimum absolute atomic E-state index is 0.0216. The minimum Gasteiger partial charge on any atom is -0.507 e. The number of rotatable bonds is 4. The summed E-state index contributed by atoms with van der Waals surface area (Å²) >= 11 is 0. The second-order valence-corrected chi connectivity index (χ2v) is 5.34. The number of carbonyl (C=O) groups excluding carboxylic acids is 1. The Morgan fingerprint density at radius 1 is 1.45 bits per heavy atom. The first-order valence-electron chi connectivity index (χ1n) is 6.94. The van der Waals surface area contributed by atoms with Crippen LogP contribution < -0.4 is 10.1 Å². The summed E-state index contributed by atoms with van der Waals surface area (Å²) in [5.74, 6) is 0.808. The number of carbonyl (C=O) groups is 1. The molecule has 5 nitrogen and oxygen atoms in total. The first-order chi connectivity index (χ1) is 9.60. The summed E-state index contributed by atoms with van der Waals surface area (Å²) < 4.78 is 5.07.